The third kappa shape index (κ3) is 7.00. The molecule has 2 aliphatic heterocycles. The number of carbonyl (C=O) groups is 3. The van der Waals surface area contributed by atoms with Gasteiger partial charge in [-0.25, -0.2) is 4.79 Å². The second-order valence-corrected chi connectivity index (χ2v) is 12.1. The predicted octanol–water partition coefficient (Wildman–Crippen LogP) is 4.67. The minimum atomic E-state index is -1.05. The van der Waals surface area contributed by atoms with Crippen molar-refractivity contribution in [3.05, 3.63) is 107 Å². The Hall–Kier alpha value is -4.87. The molecule has 0 unspecified atom stereocenters. The van der Waals surface area contributed by atoms with Gasteiger partial charge in [0.05, 0.1) is 11.3 Å². The van der Waals surface area contributed by atoms with Crippen molar-refractivity contribution < 1.29 is 19.5 Å². The molecule has 0 bridgehead atoms. The Morgan fingerprint density at radius 2 is 1.74 bits per heavy atom. The van der Waals surface area contributed by atoms with Gasteiger partial charge in [0.1, 0.15) is 12.4 Å². The van der Waals surface area contributed by atoms with Crippen molar-refractivity contribution >= 4 is 41.1 Å². The molecule has 6 rings (SSSR count). The van der Waals surface area contributed by atoms with E-state index >= 15 is 0 Å². The lowest BCUT2D eigenvalue weighted by molar-refractivity contribution is -0.139. The van der Waals surface area contributed by atoms with Gasteiger partial charge < -0.3 is 20.6 Å². The lowest BCUT2D eigenvalue weighted by Crippen LogP contribution is -2.56. The van der Waals surface area contributed by atoms with E-state index in [4.69, 9.17) is 11.6 Å². The number of aromatic nitrogens is 4. The SMILES string of the molecule is O=C(O)c1ccc(NC(=O)[C@@H]2[C@H](c3ccccc3)C[C@H](C3CCNCC3)CN2C(=O)C=Cc2cc(Cl)ccc2-n2cnnn2)cc1. The maximum Gasteiger partial charge on any atom is 0.335 e. The number of halogens is 1. The smallest absolute Gasteiger partial charge is 0.335 e. The number of benzene rings is 3. The number of anilines is 1. The summed E-state index contributed by atoms with van der Waals surface area (Å²) in [5.41, 5.74) is 2.84. The molecule has 3 atom stereocenters. The molecule has 0 radical (unpaired) electrons. The standard InChI is InChI=1S/C34H34ClN7O4/c35-27-9-12-30(42-21-37-39-40-42)25(18-27)8-13-31(43)41-20-26(22-14-16-36-17-15-22)19-29(23-4-2-1-3-5-23)32(41)33(44)38-28-10-6-24(7-11-28)34(45)46/h1-13,18,21-22,26,29,32,36H,14-17,19-20H2,(H,38,44)(H,45,46)/t26-,29-,32-/m0/s1. The van der Waals surface area contributed by atoms with Crippen molar-refractivity contribution in [2.24, 2.45) is 11.8 Å². The molecule has 0 spiro atoms. The molecule has 236 valence electrons. The van der Waals surface area contributed by atoms with Crippen molar-refractivity contribution in [3.63, 3.8) is 0 Å². The average molecular weight is 640 g/mol. The summed E-state index contributed by atoms with van der Waals surface area (Å²) in [5.74, 6) is -1.33. The summed E-state index contributed by atoms with van der Waals surface area (Å²) in [4.78, 5) is 41.5. The molecule has 3 N–H and O–H groups in total. The van der Waals surface area contributed by atoms with E-state index in [0.29, 0.717) is 34.4 Å². The number of rotatable bonds is 8. The number of carboxylic acid groups (broad SMARTS) is 1. The largest absolute Gasteiger partial charge is 0.478 e. The predicted molar refractivity (Wildman–Crippen MR) is 174 cm³/mol. The highest BCUT2D eigenvalue weighted by molar-refractivity contribution is 6.30. The number of likely N-dealkylation sites (tertiary alicyclic amines) is 1. The first kappa shape index (κ1) is 31.1. The first-order valence-corrected chi connectivity index (χ1v) is 15.7. The number of hydrogen-bond donors (Lipinski definition) is 3. The number of amides is 2. The number of nitrogens with one attached hydrogen (secondary N) is 2. The highest BCUT2D eigenvalue weighted by Gasteiger charge is 2.44. The Balaban J connectivity index is 1.36. The molecule has 0 saturated carbocycles. The van der Waals surface area contributed by atoms with Gasteiger partial charge in [-0.1, -0.05) is 41.9 Å². The second kappa shape index (κ2) is 14.1. The fourth-order valence-corrected chi connectivity index (χ4v) is 6.83. The fraction of sp³-hybridized carbons (Fsp3) is 0.294. The lowest BCUT2D eigenvalue weighted by Gasteiger charge is -2.46. The Morgan fingerprint density at radius 1 is 0.978 bits per heavy atom. The van der Waals surface area contributed by atoms with E-state index in [-0.39, 0.29) is 29.2 Å². The number of tetrazole rings is 1. The molecular weight excluding hydrogens is 606 g/mol. The number of hydrogen-bond acceptors (Lipinski definition) is 7. The monoisotopic (exact) mass is 639 g/mol. The number of carbonyl (C=O) groups excluding carboxylic acids is 2. The number of aromatic carboxylic acids is 1. The molecule has 3 aromatic carbocycles. The molecule has 0 aliphatic carbocycles. The fourth-order valence-electron chi connectivity index (χ4n) is 6.65. The zero-order chi connectivity index (χ0) is 32.0. The molecule has 3 heterocycles. The summed E-state index contributed by atoms with van der Waals surface area (Å²) in [5, 5.41) is 27.6. The molecule has 2 aliphatic rings. The van der Waals surface area contributed by atoms with Crippen molar-refractivity contribution in [3.8, 4) is 5.69 Å². The Labute approximate surface area is 271 Å². The molecular formula is C34H34ClN7O4. The van der Waals surface area contributed by atoms with Gasteiger partial charge in [0.15, 0.2) is 0 Å². The highest BCUT2D eigenvalue weighted by atomic mass is 35.5. The van der Waals surface area contributed by atoms with Gasteiger partial charge in [0, 0.05) is 34.8 Å². The number of carboxylic acids is 1. The van der Waals surface area contributed by atoms with Crippen LogP contribution in [0, 0.1) is 11.8 Å². The van der Waals surface area contributed by atoms with E-state index in [0.717, 1.165) is 37.9 Å². The summed E-state index contributed by atoms with van der Waals surface area (Å²) in [6.07, 6.45) is 7.40. The molecule has 1 aromatic heterocycles. The van der Waals surface area contributed by atoms with Crippen LogP contribution in [-0.4, -0.2) is 73.7 Å². The van der Waals surface area contributed by atoms with E-state index in [2.05, 4.69) is 26.2 Å². The molecule has 4 aromatic rings. The first-order chi connectivity index (χ1) is 22.4. The van der Waals surface area contributed by atoms with Gasteiger partial charge in [0.2, 0.25) is 11.8 Å². The third-order valence-electron chi connectivity index (χ3n) is 8.92. The lowest BCUT2D eigenvalue weighted by atomic mass is 9.71. The van der Waals surface area contributed by atoms with Crippen molar-refractivity contribution in [1.82, 2.24) is 30.4 Å². The van der Waals surface area contributed by atoms with Gasteiger partial charge in [-0.05, 0) is 109 Å². The maximum atomic E-state index is 14.2. The normalized spacial score (nSPS) is 20.5. The van der Waals surface area contributed by atoms with Gasteiger partial charge in [-0.3, -0.25) is 9.59 Å². The molecule has 2 fully saturated rings. The third-order valence-corrected chi connectivity index (χ3v) is 9.16. The van der Waals surface area contributed by atoms with E-state index in [1.54, 1.807) is 41.3 Å². The second-order valence-electron chi connectivity index (χ2n) is 11.7. The Morgan fingerprint density at radius 3 is 2.43 bits per heavy atom. The maximum absolute atomic E-state index is 14.2. The summed E-state index contributed by atoms with van der Waals surface area (Å²) in [6.45, 7) is 2.29. The van der Waals surface area contributed by atoms with Crippen LogP contribution in [0.5, 0.6) is 0 Å². The van der Waals surface area contributed by atoms with Gasteiger partial charge >= 0.3 is 5.97 Å². The average Bonchev–Trinajstić information content (AvgIpc) is 3.62. The van der Waals surface area contributed by atoms with Crippen LogP contribution in [0.2, 0.25) is 5.02 Å². The molecule has 11 nitrogen and oxygen atoms in total. The summed E-state index contributed by atoms with van der Waals surface area (Å²) >= 11 is 6.32. The van der Waals surface area contributed by atoms with E-state index < -0.39 is 12.0 Å². The van der Waals surface area contributed by atoms with E-state index in [9.17, 15) is 19.5 Å². The van der Waals surface area contributed by atoms with Crippen molar-refractivity contribution in [1.29, 1.82) is 0 Å². The number of nitrogens with zero attached hydrogens (tertiary/aromatic N) is 5. The summed E-state index contributed by atoms with van der Waals surface area (Å²) in [7, 11) is 0. The van der Waals surface area contributed by atoms with Crippen LogP contribution in [0.3, 0.4) is 0 Å². The van der Waals surface area contributed by atoms with Crippen LogP contribution < -0.4 is 10.6 Å². The Kier molecular flexibility index (Phi) is 9.51. The van der Waals surface area contributed by atoms with Crippen molar-refractivity contribution in [2.75, 3.05) is 25.0 Å². The first-order valence-electron chi connectivity index (χ1n) is 15.3. The van der Waals surface area contributed by atoms with Crippen LogP contribution in [0.4, 0.5) is 5.69 Å². The van der Waals surface area contributed by atoms with Crippen LogP contribution >= 0.6 is 11.6 Å². The number of piperidine rings is 2. The zero-order valence-corrected chi connectivity index (χ0v) is 25.8. The minimum Gasteiger partial charge on any atom is -0.478 e. The highest BCUT2D eigenvalue weighted by Crippen LogP contribution is 2.41. The van der Waals surface area contributed by atoms with Crippen LogP contribution in [-0.2, 0) is 9.59 Å². The van der Waals surface area contributed by atoms with Gasteiger partial charge in [-0.15, -0.1) is 5.10 Å². The summed E-state index contributed by atoms with van der Waals surface area (Å²) < 4.78 is 1.49. The molecule has 2 amide bonds. The quantitative estimate of drug-likeness (QED) is 0.236. The Bertz CT molecular complexity index is 1710. The van der Waals surface area contributed by atoms with Gasteiger partial charge in [0.25, 0.3) is 0 Å². The molecule has 46 heavy (non-hydrogen) atoms. The van der Waals surface area contributed by atoms with Gasteiger partial charge in [-0.2, -0.15) is 4.68 Å². The van der Waals surface area contributed by atoms with Crippen molar-refractivity contribution in [2.45, 2.75) is 31.2 Å². The molecule has 12 heteroatoms. The topological polar surface area (TPSA) is 142 Å². The van der Waals surface area contributed by atoms with E-state index in [1.807, 2.05) is 30.3 Å². The van der Waals surface area contributed by atoms with Crippen LogP contribution in [0.15, 0.2) is 85.2 Å². The summed E-state index contributed by atoms with van der Waals surface area (Å²) in [6, 6.07) is 20.3. The van der Waals surface area contributed by atoms with Crippen LogP contribution in [0.25, 0.3) is 11.8 Å². The molecule has 2 saturated heterocycles. The van der Waals surface area contributed by atoms with Crippen LogP contribution in [0.1, 0.15) is 46.7 Å². The van der Waals surface area contributed by atoms with E-state index in [1.165, 1.54) is 29.2 Å². The zero-order valence-electron chi connectivity index (χ0n) is 25.0. The minimum absolute atomic E-state index is 0.117.